The second-order valence-corrected chi connectivity index (χ2v) is 2.60. The zero-order valence-electron chi connectivity index (χ0n) is 7.07. The highest BCUT2D eigenvalue weighted by Crippen LogP contribution is 2.17. The molecule has 1 N–H and O–H groups in total. The number of hydrogen-bond acceptors (Lipinski definition) is 3. The van der Waals surface area contributed by atoms with E-state index in [0.717, 1.165) is 5.39 Å². The molecule has 0 fully saturated rings. The normalized spacial score (nSPS) is 10.2. The number of hydrogen-bond donors (Lipinski definition) is 1. The molecule has 0 aliphatic carbocycles. The molecule has 2 heterocycles. The molecular formula is C9H8N2O2. The fraction of sp³-hybridized carbons (Fsp3) is 0.111. The van der Waals surface area contributed by atoms with Gasteiger partial charge in [-0.2, -0.15) is 0 Å². The van der Waals surface area contributed by atoms with E-state index in [9.17, 15) is 4.79 Å². The van der Waals surface area contributed by atoms with Gasteiger partial charge in [-0.25, -0.2) is 0 Å². The topological polar surface area (TPSA) is 55.1 Å². The van der Waals surface area contributed by atoms with Gasteiger partial charge in [-0.05, 0) is 12.1 Å². The molecule has 0 spiro atoms. The van der Waals surface area contributed by atoms with Crippen molar-refractivity contribution in [2.45, 2.75) is 0 Å². The first-order valence-electron chi connectivity index (χ1n) is 3.87. The van der Waals surface area contributed by atoms with Gasteiger partial charge in [0.05, 0.1) is 0 Å². The maximum atomic E-state index is 11.2. The summed E-state index contributed by atoms with van der Waals surface area (Å²) in [6.07, 6.45) is 3.28. The lowest BCUT2D eigenvalue weighted by Gasteiger charge is -1.90. The smallest absolute Gasteiger partial charge is 0.286 e. The van der Waals surface area contributed by atoms with Crippen LogP contribution in [0.5, 0.6) is 0 Å². The van der Waals surface area contributed by atoms with E-state index in [2.05, 4.69) is 10.3 Å². The Morgan fingerprint density at radius 1 is 1.62 bits per heavy atom. The predicted molar refractivity (Wildman–Crippen MR) is 47.4 cm³/mol. The Hall–Kier alpha value is -1.84. The van der Waals surface area contributed by atoms with Crippen molar-refractivity contribution in [1.82, 2.24) is 10.3 Å². The van der Waals surface area contributed by atoms with E-state index >= 15 is 0 Å². The van der Waals surface area contributed by atoms with Crippen LogP contribution in [0.4, 0.5) is 0 Å². The number of pyridine rings is 1. The second kappa shape index (κ2) is 2.90. The third kappa shape index (κ3) is 1.26. The van der Waals surface area contributed by atoms with Crippen LogP contribution in [0.2, 0.25) is 0 Å². The molecule has 0 aliphatic heterocycles. The SMILES string of the molecule is CNC(=O)c1cc2cnccc2o1. The van der Waals surface area contributed by atoms with E-state index in [4.69, 9.17) is 4.42 Å². The van der Waals surface area contributed by atoms with Gasteiger partial charge < -0.3 is 9.73 Å². The van der Waals surface area contributed by atoms with Gasteiger partial charge >= 0.3 is 0 Å². The molecule has 2 aromatic rings. The highest BCUT2D eigenvalue weighted by atomic mass is 16.3. The summed E-state index contributed by atoms with van der Waals surface area (Å²) >= 11 is 0. The Labute approximate surface area is 74.6 Å². The van der Waals surface area contributed by atoms with Crippen molar-refractivity contribution in [3.8, 4) is 0 Å². The summed E-state index contributed by atoms with van der Waals surface area (Å²) in [6.45, 7) is 0. The third-order valence-corrected chi connectivity index (χ3v) is 1.77. The van der Waals surface area contributed by atoms with Crippen LogP contribution in [-0.4, -0.2) is 17.9 Å². The summed E-state index contributed by atoms with van der Waals surface area (Å²) in [5.41, 5.74) is 0.675. The number of fused-ring (bicyclic) bond motifs is 1. The van der Waals surface area contributed by atoms with Gasteiger partial charge in [0.2, 0.25) is 0 Å². The van der Waals surface area contributed by atoms with Crippen molar-refractivity contribution in [3.63, 3.8) is 0 Å². The first-order chi connectivity index (χ1) is 6.31. The lowest BCUT2D eigenvalue weighted by Crippen LogP contribution is -2.16. The third-order valence-electron chi connectivity index (χ3n) is 1.77. The minimum absolute atomic E-state index is 0.226. The summed E-state index contributed by atoms with van der Waals surface area (Å²) < 4.78 is 5.27. The Kier molecular flexibility index (Phi) is 1.73. The number of nitrogens with one attached hydrogen (secondary N) is 1. The number of aromatic nitrogens is 1. The standard InChI is InChI=1S/C9H8N2O2/c1-10-9(12)8-4-6-5-11-3-2-7(6)13-8/h2-5H,1H3,(H,10,12). The second-order valence-electron chi connectivity index (χ2n) is 2.60. The fourth-order valence-electron chi connectivity index (χ4n) is 1.12. The van der Waals surface area contributed by atoms with Crippen molar-refractivity contribution in [2.75, 3.05) is 7.05 Å². The van der Waals surface area contributed by atoms with Crippen molar-refractivity contribution in [3.05, 3.63) is 30.3 Å². The zero-order valence-corrected chi connectivity index (χ0v) is 7.07. The summed E-state index contributed by atoms with van der Waals surface area (Å²) in [5.74, 6) is 0.0849. The van der Waals surface area contributed by atoms with Crippen molar-refractivity contribution < 1.29 is 9.21 Å². The first kappa shape index (κ1) is 7.79. The maximum absolute atomic E-state index is 11.2. The molecule has 0 atom stereocenters. The van der Waals surface area contributed by atoms with E-state index in [1.807, 2.05) is 0 Å². The summed E-state index contributed by atoms with van der Waals surface area (Å²) in [7, 11) is 1.56. The molecule has 0 saturated heterocycles. The Morgan fingerprint density at radius 2 is 2.46 bits per heavy atom. The summed E-state index contributed by atoms with van der Waals surface area (Å²) in [5, 5.41) is 3.32. The average Bonchev–Trinajstić information content (AvgIpc) is 2.59. The van der Waals surface area contributed by atoms with Crippen molar-refractivity contribution >= 4 is 16.9 Å². The van der Waals surface area contributed by atoms with Gasteiger partial charge in [0, 0.05) is 24.8 Å². The van der Waals surface area contributed by atoms with Crippen LogP contribution in [0.15, 0.2) is 28.9 Å². The summed E-state index contributed by atoms with van der Waals surface area (Å²) in [6, 6.07) is 3.39. The molecule has 0 aliphatic rings. The largest absolute Gasteiger partial charge is 0.451 e. The number of furan rings is 1. The molecule has 4 nitrogen and oxygen atoms in total. The fourth-order valence-corrected chi connectivity index (χ4v) is 1.12. The average molecular weight is 176 g/mol. The number of carbonyl (C=O) groups is 1. The molecule has 66 valence electrons. The van der Waals surface area contributed by atoms with E-state index in [1.165, 1.54) is 0 Å². The van der Waals surface area contributed by atoms with Crippen LogP contribution in [0.1, 0.15) is 10.6 Å². The Balaban J connectivity index is 2.56. The van der Waals surface area contributed by atoms with Gasteiger partial charge in [-0.3, -0.25) is 9.78 Å². The maximum Gasteiger partial charge on any atom is 0.286 e. The Morgan fingerprint density at radius 3 is 3.15 bits per heavy atom. The van der Waals surface area contributed by atoms with Gasteiger partial charge in [0.1, 0.15) is 5.58 Å². The highest BCUT2D eigenvalue weighted by Gasteiger charge is 2.09. The predicted octanol–water partition coefficient (Wildman–Crippen LogP) is 1.19. The van der Waals surface area contributed by atoms with Crippen molar-refractivity contribution in [2.24, 2.45) is 0 Å². The van der Waals surface area contributed by atoms with Gasteiger partial charge in [-0.1, -0.05) is 0 Å². The minimum atomic E-state index is -0.226. The molecule has 0 bridgehead atoms. The van der Waals surface area contributed by atoms with Crippen LogP contribution in [0.25, 0.3) is 11.0 Å². The van der Waals surface area contributed by atoms with Gasteiger partial charge in [-0.15, -0.1) is 0 Å². The molecule has 0 aromatic carbocycles. The van der Waals surface area contributed by atoms with Gasteiger partial charge in [0.15, 0.2) is 5.76 Å². The number of nitrogens with zero attached hydrogens (tertiary/aromatic N) is 1. The van der Waals surface area contributed by atoms with Crippen LogP contribution in [0, 0.1) is 0 Å². The van der Waals surface area contributed by atoms with E-state index in [-0.39, 0.29) is 5.91 Å². The lowest BCUT2D eigenvalue weighted by atomic mass is 10.3. The van der Waals surface area contributed by atoms with Crippen LogP contribution in [-0.2, 0) is 0 Å². The number of carbonyl (C=O) groups excluding carboxylic acids is 1. The molecule has 0 saturated carbocycles. The first-order valence-corrected chi connectivity index (χ1v) is 3.87. The number of rotatable bonds is 1. The van der Waals surface area contributed by atoms with Crippen LogP contribution in [0.3, 0.4) is 0 Å². The van der Waals surface area contributed by atoms with Crippen LogP contribution >= 0.6 is 0 Å². The van der Waals surface area contributed by atoms with Crippen molar-refractivity contribution in [1.29, 1.82) is 0 Å². The van der Waals surface area contributed by atoms with E-state index in [1.54, 1.807) is 31.6 Å². The van der Waals surface area contributed by atoms with E-state index in [0.29, 0.717) is 11.3 Å². The minimum Gasteiger partial charge on any atom is -0.451 e. The van der Waals surface area contributed by atoms with Gasteiger partial charge in [0.25, 0.3) is 5.91 Å². The molecule has 13 heavy (non-hydrogen) atoms. The lowest BCUT2D eigenvalue weighted by molar-refractivity contribution is 0.0938. The molecule has 4 heteroatoms. The van der Waals surface area contributed by atoms with E-state index < -0.39 is 0 Å². The highest BCUT2D eigenvalue weighted by molar-refractivity contribution is 5.95. The quantitative estimate of drug-likeness (QED) is 0.710. The molecule has 2 aromatic heterocycles. The Bertz CT molecular complexity index is 415. The molecule has 0 radical (unpaired) electrons. The molecular weight excluding hydrogens is 168 g/mol. The summed E-state index contributed by atoms with van der Waals surface area (Å²) in [4.78, 5) is 15.1. The van der Waals surface area contributed by atoms with Crippen LogP contribution < -0.4 is 5.32 Å². The monoisotopic (exact) mass is 176 g/mol. The molecule has 0 unspecified atom stereocenters. The number of amides is 1. The molecule has 1 amide bonds. The molecule has 2 rings (SSSR count). The zero-order chi connectivity index (χ0) is 9.26.